The Morgan fingerprint density at radius 3 is 2.65 bits per heavy atom. The van der Waals surface area contributed by atoms with Gasteiger partial charge in [-0.1, -0.05) is 17.7 Å². The van der Waals surface area contributed by atoms with Gasteiger partial charge in [-0.2, -0.15) is 5.10 Å². The van der Waals surface area contributed by atoms with Crippen molar-refractivity contribution in [2.45, 2.75) is 0 Å². The van der Waals surface area contributed by atoms with Gasteiger partial charge in [0, 0.05) is 23.5 Å². The van der Waals surface area contributed by atoms with E-state index in [2.05, 4.69) is 15.2 Å². The number of pyridine rings is 1. The molecule has 3 rings (SSSR count). The molecule has 0 aliphatic rings. The van der Waals surface area contributed by atoms with Gasteiger partial charge >= 0.3 is 0 Å². The molecule has 0 saturated heterocycles. The minimum absolute atomic E-state index is 0.588. The van der Waals surface area contributed by atoms with Crippen LogP contribution >= 0.6 is 11.6 Å². The summed E-state index contributed by atoms with van der Waals surface area (Å²) < 4.78 is 5.26. The van der Waals surface area contributed by atoms with Crippen LogP contribution < -0.4 is 4.74 Å². The maximum Gasteiger partial charge on any atom is 0.138 e. The van der Waals surface area contributed by atoms with Gasteiger partial charge in [-0.05, 0) is 29.8 Å². The summed E-state index contributed by atoms with van der Waals surface area (Å²) in [5.41, 5.74) is 3.95. The van der Waals surface area contributed by atoms with Crippen LogP contribution in [0.15, 0.2) is 48.9 Å². The average molecular weight is 286 g/mol. The second kappa shape index (κ2) is 5.35. The second-order valence-electron chi connectivity index (χ2n) is 4.24. The number of halogens is 1. The smallest absolute Gasteiger partial charge is 0.138 e. The Morgan fingerprint density at radius 1 is 1.10 bits per heavy atom. The summed E-state index contributed by atoms with van der Waals surface area (Å²) in [4.78, 5) is 4.02. The van der Waals surface area contributed by atoms with Crippen LogP contribution in [0, 0.1) is 0 Å². The summed E-state index contributed by atoms with van der Waals surface area (Å²) in [5, 5.41) is 7.74. The molecule has 2 heterocycles. The third kappa shape index (κ3) is 2.26. The van der Waals surface area contributed by atoms with Gasteiger partial charge in [0.15, 0.2) is 0 Å². The minimum atomic E-state index is 0.588. The Morgan fingerprint density at radius 2 is 1.90 bits per heavy atom. The Hall–Kier alpha value is -2.33. The first-order valence-corrected chi connectivity index (χ1v) is 6.45. The lowest BCUT2D eigenvalue weighted by Crippen LogP contribution is -1.87. The third-order valence-electron chi connectivity index (χ3n) is 3.07. The van der Waals surface area contributed by atoms with Crippen LogP contribution in [0.3, 0.4) is 0 Å². The van der Waals surface area contributed by atoms with Gasteiger partial charge < -0.3 is 4.74 Å². The molecule has 3 aromatic rings. The lowest BCUT2D eigenvalue weighted by molar-refractivity contribution is 0.415. The predicted molar refractivity (Wildman–Crippen MR) is 78.8 cm³/mol. The molecule has 1 aromatic carbocycles. The van der Waals surface area contributed by atoms with E-state index in [1.165, 1.54) is 0 Å². The van der Waals surface area contributed by atoms with Gasteiger partial charge in [0.05, 0.1) is 24.0 Å². The number of nitrogens with zero attached hydrogens (tertiary/aromatic N) is 2. The van der Waals surface area contributed by atoms with E-state index in [0.717, 1.165) is 22.4 Å². The molecule has 5 heteroatoms. The molecule has 2 aromatic heterocycles. The van der Waals surface area contributed by atoms with E-state index in [1.807, 2.05) is 30.3 Å². The predicted octanol–water partition coefficient (Wildman–Crippen LogP) is 3.80. The molecular weight excluding hydrogens is 274 g/mol. The van der Waals surface area contributed by atoms with Crippen molar-refractivity contribution in [3.8, 4) is 28.1 Å². The molecule has 0 spiro atoms. The topological polar surface area (TPSA) is 50.8 Å². The first-order valence-electron chi connectivity index (χ1n) is 6.07. The quantitative estimate of drug-likeness (QED) is 0.796. The van der Waals surface area contributed by atoms with Gasteiger partial charge in [0.1, 0.15) is 5.75 Å². The molecule has 4 nitrogen and oxygen atoms in total. The Kier molecular flexibility index (Phi) is 3.39. The summed E-state index contributed by atoms with van der Waals surface area (Å²) >= 11 is 6.06. The van der Waals surface area contributed by atoms with Crippen LogP contribution in [-0.4, -0.2) is 22.3 Å². The first kappa shape index (κ1) is 12.7. The summed E-state index contributed by atoms with van der Waals surface area (Å²) in [6.07, 6.45) is 5.29. The molecule has 0 aliphatic carbocycles. The Bertz CT molecular complexity index is 725. The molecule has 0 aliphatic heterocycles. The van der Waals surface area contributed by atoms with Crippen LogP contribution in [0.25, 0.3) is 22.4 Å². The number of methoxy groups -OCH3 is 1. The van der Waals surface area contributed by atoms with E-state index in [1.54, 1.807) is 25.7 Å². The van der Waals surface area contributed by atoms with Gasteiger partial charge in [-0.3, -0.25) is 10.1 Å². The molecule has 0 unspecified atom stereocenters. The molecule has 0 atom stereocenters. The molecule has 20 heavy (non-hydrogen) atoms. The van der Waals surface area contributed by atoms with Crippen LogP contribution in [-0.2, 0) is 0 Å². The van der Waals surface area contributed by atoms with Crippen molar-refractivity contribution in [2.75, 3.05) is 7.11 Å². The maximum atomic E-state index is 6.06. The van der Waals surface area contributed by atoms with E-state index in [0.29, 0.717) is 10.8 Å². The van der Waals surface area contributed by atoms with E-state index in [9.17, 15) is 0 Å². The van der Waals surface area contributed by atoms with Crippen LogP contribution in [0.5, 0.6) is 5.75 Å². The SMILES string of the molecule is COc1cc(-c2cn[nH]c2-c2ccncc2)ccc1Cl. The highest BCUT2D eigenvalue weighted by atomic mass is 35.5. The maximum absolute atomic E-state index is 6.06. The largest absolute Gasteiger partial charge is 0.495 e. The van der Waals surface area contributed by atoms with Crippen molar-refractivity contribution in [1.82, 2.24) is 15.2 Å². The molecule has 0 bridgehead atoms. The number of H-pyrrole nitrogens is 1. The second-order valence-corrected chi connectivity index (χ2v) is 4.65. The van der Waals surface area contributed by atoms with Crippen molar-refractivity contribution in [3.05, 3.63) is 53.9 Å². The van der Waals surface area contributed by atoms with E-state index in [4.69, 9.17) is 16.3 Å². The number of aromatic nitrogens is 3. The van der Waals surface area contributed by atoms with Gasteiger partial charge in [-0.15, -0.1) is 0 Å². The fourth-order valence-corrected chi connectivity index (χ4v) is 2.27. The summed E-state index contributed by atoms with van der Waals surface area (Å²) in [6.45, 7) is 0. The van der Waals surface area contributed by atoms with E-state index >= 15 is 0 Å². The highest BCUT2D eigenvalue weighted by molar-refractivity contribution is 6.32. The normalized spacial score (nSPS) is 10.5. The van der Waals surface area contributed by atoms with Gasteiger partial charge in [0.2, 0.25) is 0 Å². The minimum Gasteiger partial charge on any atom is -0.495 e. The number of nitrogens with one attached hydrogen (secondary N) is 1. The monoisotopic (exact) mass is 285 g/mol. The standard InChI is InChI=1S/C15H12ClN3O/c1-20-14-8-11(2-3-13(14)16)12-9-18-19-15(12)10-4-6-17-7-5-10/h2-9H,1H3,(H,18,19). The van der Waals surface area contributed by atoms with Crippen LogP contribution in [0.1, 0.15) is 0 Å². The number of ether oxygens (including phenoxy) is 1. The fraction of sp³-hybridized carbons (Fsp3) is 0.0667. The lowest BCUT2D eigenvalue weighted by Gasteiger charge is -2.07. The third-order valence-corrected chi connectivity index (χ3v) is 3.38. The number of rotatable bonds is 3. The highest BCUT2D eigenvalue weighted by Crippen LogP contribution is 2.34. The number of hydrogen-bond donors (Lipinski definition) is 1. The molecule has 100 valence electrons. The zero-order valence-electron chi connectivity index (χ0n) is 10.8. The first-order chi connectivity index (χ1) is 9.79. The van der Waals surface area contributed by atoms with Gasteiger partial charge in [0.25, 0.3) is 0 Å². The zero-order valence-corrected chi connectivity index (χ0v) is 11.6. The van der Waals surface area contributed by atoms with Crippen molar-refractivity contribution in [2.24, 2.45) is 0 Å². The van der Waals surface area contributed by atoms with E-state index in [-0.39, 0.29) is 0 Å². The fourth-order valence-electron chi connectivity index (χ4n) is 2.07. The average Bonchev–Trinajstić information content (AvgIpc) is 2.98. The number of hydrogen-bond acceptors (Lipinski definition) is 3. The van der Waals surface area contributed by atoms with Crippen molar-refractivity contribution in [1.29, 1.82) is 0 Å². The Balaban J connectivity index is 2.10. The van der Waals surface area contributed by atoms with Crippen molar-refractivity contribution < 1.29 is 4.74 Å². The van der Waals surface area contributed by atoms with Crippen LogP contribution in [0.2, 0.25) is 5.02 Å². The van der Waals surface area contributed by atoms with E-state index < -0.39 is 0 Å². The zero-order chi connectivity index (χ0) is 13.9. The molecular formula is C15H12ClN3O. The lowest BCUT2D eigenvalue weighted by atomic mass is 10.0. The molecule has 0 fully saturated rings. The number of aromatic amines is 1. The number of benzene rings is 1. The summed E-state index contributed by atoms with van der Waals surface area (Å²) in [5.74, 6) is 0.644. The molecule has 0 radical (unpaired) electrons. The van der Waals surface area contributed by atoms with Crippen LogP contribution in [0.4, 0.5) is 0 Å². The summed E-state index contributed by atoms with van der Waals surface area (Å²) in [7, 11) is 1.60. The summed E-state index contributed by atoms with van der Waals surface area (Å²) in [6, 6.07) is 9.53. The highest BCUT2D eigenvalue weighted by Gasteiger charge is 2.11. The molecule has 0 amide bonds. The molecule has 0 saturated carbocycles. The van der Waals surface area contributed by atoms with Crippen molar-refractivity contribution >= 4 is 11.6 Å². The molecule has 1 N–H and O–H groups in total. The Labute approximate surface area is 121 Å². The van der Waals surface area contributed by atoms with Crippen molar-refractivity contribution in [3.63, 3.8) is 0 Å². The van der Waals surface area contributed by atoms with Gasteiger partial charge in [-0.25, -0.2) is 0 Å².